The number of rotatable bonds is 5. The average molecular weight is 258 g/mol. The second-order valence-electron chi connectivity index (χ2n) is 3.55. The predicted octanol–water partition coefficient (Wildman–Crippen LogP) is 2.07. The molecule has 17 heavy (non-hydrogen) atoms. The van der Waals surface area contributed by atoms with Crippen LogP contribution in [-0.4, -0.2) is 33.6 Å². The first-order valence-electron chi connectivity index (χ1n) is 5.15. The lowest BCUT2D eigenvalue weighted by atomic mass is 10.0. The number of ketones is 1. The zero-order valence-corrected chi connectivity index (χ0v) is 11.1. The second kappa shape index (κ2) is 5.89. The van der Waals surface area contributed by atoms with Gasteiger partial charge in [0.2, 0.25) is 0 Å². The molecule has 1 N–H and O–H groups in total. The largest absolute Gasteiger partial charge is 0.493 e. The van der Waals surface area contributed by atoms with Gasteiger partial charge in [0.25, 0.3) is 0 Å². The highest BCUT2D eigenvalue weighted by Gasteiger charge is 2.21. The number of carbonyl (C=O) groups excluding carboxylic acids is 1. The fourth-order valence-electron chi connectivity index (χ4n) is 1.64. The molecule has 0 atom stereocenters. The molecule has 0 saturated heterocycles. The van der Waals surface area contributed by atoms with Gasteiger partial charge in [0.05, 0.1) is 26.3 Å². The van der Waals surface area contributed by atoms with E-state index in [1.807, 2.05) is 0 Å². The smallest absolute Gasteiger partial charge is 0.180 e. The van der Waals surface area contributed by atoms with Gasteiger partial charge < -0.3 is 14.8 Å². The Morgan fingerprint density at radius 2 is 2.06 bits per heavy atom. The zero-order valence-electron chi connectivity index (χ0n) is 10.4. The van der Waals surface area contributed by atoms with Crippen LogP contribution in [0.3, 0.4) is 0 Å². The fourth-order valence-corrected chi connectivity index (χ4v) is 1.83. The maximum absolute atomic E-state index is 12.0. The Labute approximate surface area is 106 Å². The van der Waals surface area contributed by atoms with Gasteiger partial charge >= 0.3 is 0 Å². The molecular formula is C12H16ClNO3. The van der Waals surface area contributed by atoms with Gasteiger partial charge in [-0.2, -0.15) is 0 Å². The molecule has 0 aliphatic carbocycles. The van der Waals surface area contributed by atoms with Crippen LogP contribution in [0.4, 0.5) is 0 Å². The number of hydrogen-bond donors (Lipinski definition) is 1. The van der Waals surface area contributed by atoms with Crippen LogP contribution in [0.2, 0.25) is 5.02 Å². The molecular weight excluding hydrogens is 242 g/mol. The third kappa shape index (κ3) is 2.70. The normalized spacial score (nSPS) is 10.2. The number of benzene rings is 1. The van der Waals surface area contributed by atoms with Crippen LogP contribution in [0.1, 0.15) is 15.9 Å². The molecule has 0 aliphatic heterocycles. The van der Waals surface area contributed by atoms with Crippen molar-refractivity contribution in [3.8, 4) is 11.5 Å². The van der Waals surface area contributed by atoms with E-state index in [2.05, 4.69) is 5.32 Å². The van der Waals surface area contributed by atoms with Crippen molar-refractivity contribution >= 4 is 17.4 Å². The van der Waals surface area contributed by atoms with Crippen molar-refractivity contribution in [3.05, 3.63) is 22.2 Å². The van der Waals surface area contributed by atoms with Gasteiger partial charge in [0, 0.05) is 11.1 Å². The first-order chi connectivity index (χ1) is 8.06. The Balaban J connectivity index is 3.43. The van der Waals surface area contributed by atoms with Crippen molar-refractivity contribution in [2.45, 2.75) is 6.92 Å². The lowest BCUT2D eigenvalue weighted by molar-refractivity contribution is 0.0989. The lowest BCUT2D eigenvalue weighted by Crippen LogP contribution is -2.20. The van der Waals surface area contributed by atoms with Crippen molar-refractivity contribution in [2.75, 3.05) is 27.8 Å². The van der Waals surface area contributed by atoms with Crippen LogP contribution >= 0.6 is 11.6 Å². The fraction of sp³-hybridized carbons (Fsp3) is 0.417. The van der Waals surface area contributed by atoms with E-state index in [4.69, 9.17) is 21.1 Å². The monoisotopic (exact) mass is 257 g/mol. The molecule has 94 valence electrons. The van der Waals surface area contributed by atoms with Gasteiger partial charge in [-0.25, -0.2) is 0 Å². The van der Waals surface area contributed by atoms with Gasteiger partial charge in [-0.05, 0) is 19.5 Å². The van der Waals surface area contributed by atoms with E-state index >= 15 is 0 Å². The molecule has 5 heteroatoms. The highest BCUT2D eigenvalue weighted by molar-refractivity contribution is 6.32. The van der Waals surface area contributed by atoms with Crippen molar-refractivity contribution in [3.63, 3.8) is 0 Å². The quantitative estimate of drug-likeness (QED) is 0.821. The minimum Gasteiger partial charge on any atom is -0.493 e. The number of nitrogens with one attached hydrogen (secondary N) is 1. The summed E-state index contributed by atoms with van der Waals surface area (Å²) in [7, 11) is 4.72. The number of ether oxygens (including phenoxy) is 2. The summed E-state index contributed by atoms with van der Waals surface area (Å²) in [6, 6.07) is 1.64. The Bertz CT molecular complexity index is 432. The van der Waals surface area contributed by atoms with Gasteiger partial charge in [0.15, 0.2) is 17.3 Å². The van der Waals surface area contributed by atoms with Crippen LogP contribution in [0.15, 0.2) is 6.07 Å². The van der Waals surface area contributed by atoms with Crippen molar-refractivity contribution in [1.82, 2.24) is 5.32 Å². The van der Waals surface area contributed by atoms with E-state index in [1.54, 1.807) is 20.0 Å². The van der Waals surface area contributed by atoms with E-state index in [9.17, 15) is 4.79 Å². The van der Waals surface area contributed by atoms with Crippen molar-refractivity contribution in [1.29, 1.82) is 0 Å². The van der Waals surface area contributed by atoms with Crippen LogP contribution < -0.4 is 14.8 Å². The highest BCUT2D eigenvalue weighted by atomic mass is 35.5. The summed E-state index contributed by atoms with van der Waals surface area (Å²) >= 11 is 6.06. The first kappa shape index (κ1) is 13.8. The molecule has 1 aromatic rings. The SMILES string of the molecule is CNCC(=O)c1c(C)c(Cl)cc(OC)c1OC. The molecule has 0 amide bonds. The van der Waals surface area contributed by atoms with E-state index in [-0.39, 0.29) is 12.3 Å². The van der Waals surface area contributed by atoms with Crippen molar-refractivity contribution in [2.24, 2.45) is 0 Å². The van der Waals surface area contributed by atoms with Gasteiger partial charge in [-0.15, -0.1) is 0 Å². The van der Waals surface area contributed by atoms with E-state index in [0.717, 1.165) is 0 Å². The molecule has 0 bridgehead atoms. The van der Waals surface area contributed by atoms with Crippen LogP contribution in [0.25, 0.3) is 0 Å². The third-order valence-corrected chi connectivity index (χ3v) is 2.87. The number of halogens is 1. The summed E-state index contributed by atoms with van der Waals surface area (Å²) < 4.78 is 10.4. The molecule has 0 aliphatic rings. The van der Waals surface area contributed by atoms with E-state index < -0.39 is 0 Å². The van der Waals surface area contributed by atoms with Gasteiger partial charge in [-0.1, -0.05) is 11.6 Å². The minimum atomic E-state index is -0.0809. The summed E-state index contributed by atoms with van der Waals surface area (Å²) in [5.74, 6) is 0.805. The first-order valence-corrected chi connectivity index (χ1v) is 5.53. The standard InChI is InChI=1S/C12H16ClNO3/c1-7-8(13)5-10(16-3)12(17-4)11(7)9(15)6-14-2/h5,14H,6H2,1-4H3. The molecule has 0 aromatic heterocycles. The zero-order chi connectivity index (χ0) is 13.0. The highest BCUT2D eigenvalue weighted by Crippen LogP contribution is 2.37. The average Bonchev–Trinajstić information content (AvgIpc) is 2.31. The summed E-state index contributed by atoms with van der Waals surface area (Å²) in [6.45, 7) is 2.01. The third-order valence-electron chi connectivity index (χ3n) is 2.48. The number of carbonyl (C=O) groups is 1. The van der Waals surface area contributed by atoms with Crippen LogP contribution in [-0.2, 0) is 0 Å². The van der Waals surface area contributed by atoms with Gasteiger partial charge in [0.1, 0.15) is 0 Å². The lowest BCUT2D eigenvalue weighted by Gasteiger charge is -2.15. The Morgan fingerprint density at radius 3 is 2.53 bits per heavy atom. The number of Topliss-reactive ketones (excluding diaryl/α,β-unsaturated/α-hetero) is 1. The summed E-state index contributed by atoms with van der Waals surface area (Å²) in [5.41, 5.74) is 1.16. The molecule has 0 heterocycles. The molecule has 0 fully saturated rings. The van der Waals surface area contributed by atoms with Crippen LogP contribution in [0.5, 0.6) is 11.5 Å². The molecule has 1 rings (SSSR count). The Hall–Kier alpha value is -1.26. The number of likely N-dealkylation sites (N-methyl/N-ethyl adjacent to an activating group) is 1. The summed E-state index contributed by atoms with van der Waals surface area (Å²) in [6.07, 6.45) is 0. The number of methoxy groups -OCH3 is 2. The Kier molecular flexibility index (Phi) is 4.78. The Morgan fingerprint density at radius 1 is 1.41 bits per heavy atom. The summed E-state index contributed by atoms with van der Waals surface area (Å²) in [4.78, 5) is 12.0. The molecule has 0 spiro atoms. The van der Waals surface area contributed by atoms with Crippen molar-refractivity contribution < 1.29 is 14.3 Å². The maximum Gasteiger partial charge on any atom is 0.180 e. The predicted molar refractivity (Wildman–Crippen MR) is 67.6 cm³/mol. The maximum atomic E-state index is 12.0. The molecule has 0 radical (unpaired) electrons. The molecule has 1 aromatic carbocycles. The van der Waals surface area contributed by atoms with E-state index in [1.165, 1.54) is 14.2 Å². The molecule has 0 saturated carbocycles. The molecule has 4 nitrogen and oxygen atoms in total. The summed E-state index contributed by atoms with van der Waals surface area (Å²) in [5, 5.41) is 3.30. The topological polar surface area (TPSA) is 47.6 Å². The minimum absolute atomic E-state index is 0.0809. The second-order valence-corrected chi connectivity index (χ2v) is 3.95. The van der Waals surface area contributed by atoms with E-state index in [0.29, 0.717) is 27.6 Å². The van der Waals surface area contributed by atoms with Crippen LogP contribution in [0, 0.1) is 6.92 Å². The number of hydrogen-bond acceptors (Lipinski definition) is 4. The molecule has 0 unspecified atom stereocenters. The van der Waals surface area contributed by atoms with Gasteiger partial charge in [-0.3, -0.25) is 4.79 Å².